The fourth-order valence-corrected chi connectivity index (χ4v) is 1.83. The normalized spacial score (nSPS) is 10.2. The second kappa shape index (κ2) is 7.21. The molecule has 2 rings (SSSR count). The number of nitrogens with one attached hydrogen (secondary N) is 2. The molecule has 0 aliphatic rings. The van der Waals surface area contributed by atoms with Gasteiger partial charge in [-0.25, -0.2) is 0 Å². The molecular formula is C14H16N4O4. The summed E-state index contributed by atoms with van der Waals surface area (Å²) in [6.07, 6.45) is 1.67. The van der Waals surface area contributed by atoms with Gasteiger partial charge in [0, 0.05) is 5.39 Å². The van der Waals surface area contributed by atoms with Crippen molar-refractivity contribution in [3.63, 3.8) is 0 Å². The number of esters is 1. The Bertz CT molecular complexity index is 695. The lowest BCUT2D eigenvalue weighted by molar-refractivity contribution is -0.141. The molecule has 1 aromatic heterocycles. The first kappa shape index (κ1) is 15.5. The minimum Gasteiger partial charge on any atom is -0.468 e. The van der Waals surface area contributed by atoms with Gasteiger partial charge >= 0.3 is 5.97 Å². The SMILES string of the molecule is COC(=O)CNC(=O)CNC(=O)Cn1ncc2ccccc21. The molecule has 0 saturated carbocycles. The topological polar surface area (TPSA) is 102 Å². The average molecular weight is 304 g/mol. The van der Waals surface area contributed by atoms with Crippen LogP contribution in [-0.2, 0) is 25.7 Å². The Labute approximate surface area is 126 Å². The second-order valence-corrected chi connectivity index (χ2v) is 4.49. The number of benzene rings is 1. The Morgan fingerprint density at radius 3 is 2.64 bits per heavy atom. The molecule has 8 heteroatoms. The van der Waals surface area contributed by atoms with Gasteiger partial charge < -0.3 is 15.4 Å². The van der Waals surface area contributed by atoms with Crippen LogP contribution in [0.15, 0.2) is 30.5 Å². The first-order chi connectivity index (χ1) is 10.6. The lowest BCUT2D eigenvalue weighted by Crippen LogP contribution is -2.40. The summed E-state index contributed by atoms with van der Waals surface area (Å²) in [5, 5.41) is 9.85. The smallest absolute Gasteiger partial charge is 0.325 e. The molecule has 116 valence electrons. The Morgan fingerprint density at radius 1 is 1.14 bits per heavy atom. The molecular weight excluding hydrogens is 288 g/mol. The van der Waals surface area contributed by atoms with Crippen molar-refractivity contribution in [1.29, 1.82) is 0 Å². The van der Waals surface area contributed by atoms with Gasteiger partial charge in [0.1, 0.15) is 13.1 Å². The summed E-state index contributed by atoms with van der Waals surface area (Å²) in [7, 11) is 1.23. The van der Waals surface area contributed by atoms with E-state index in [-0.39, 0.29) is 25.5 Å². The molecule has 0 bridgehead atoms. The quantitative estimate of drug-likeness (QED) is 0.697. The molecule has 0 aliphatic heterocycles. The predicted molar refractivity (Wildman–Crippen MR) is 77.8 cm³/mol. The molecule has 0 aliphatic carbocycles. The number of aromatic nitrogens is 2. The van der Waals surface area contributed by atoms with E-state index >= 15 is 0 Å². The van der Waals surface area contributed by atoms with E-state index in [1.54, 1.807) is 10.9 Å². The Kier molecular flexibility index (Phi) is 5.07. The fourth-order valence-electron chi connectivity index (χ4n) is 1.83. The van der Waals surface area contributed by atoms with E-state index in [0.717, 1.165) is 10.9 Å². The van der Waals surface area contributed by atoms with E-state index < -0.39 is 11.9 Å². The Hall–Kier alpha value is -2.90. The summed E-state index contributed by atoms with van der Waals surface area (Å²) < 4.78 is 5.94. The standard InChI is InChI=1S/C14H16N4O4/c1-22-14(21)8-16-12(19)7-15-13(20)9-18-11-5-3-2-4-10(11)6-17-18/h2-6H,7-9H2,1H3,(H,15,20)(H,16,19). The monoisotopic (exact) mass is 304 g/mol. The molecule has 1 aromatic carbocycles. The van der Waals surface area contributed by atoms with Crippen LogP contribution in [0, 0.1) is 0 Å². The lowest BCUT2D eigenvalue weighted by Gasteiger charge is -2.07. The summed E-state index contributed by atoms with van der Waals surface area (Å²) in [5.74, 6) is -1.37. The summed E-state index contributed by atoms with van der Waals surface area (Å²) in [6, 6.07) is 7.51. The number of nitrogens with zero attached hydrogens (tertiary/aromatic N) is 2. The van der Waals surface area contributed by atoms with Crippen molar-refractivity contribution in [3.8, 4) is 0 Å². The number of amides is 2. The molecule has 0 fully saturated rings. The third-order valence-electron chi connectivity index (χ3n) is 2.95. The van der Waals surface area contributed by atoms with Crippen molar-refractivity contribution in [1.82, 2.24) is 20.4 Å². The molecule has 2 amide bonds. The molecule has 0 unspecified atom stereocenters. The van der Waals surface area contributed by atoms with Crippen LogP contribution in [0.4, 0.5) is 0 Å². The van der Waals surface area contributed by atoms with Gasteiger partial charge in [-0.1, -0.05) is 18.2 Å². The van der Waals surface area contributed by atoms with Crippen LogP contribution in [0.3, 0.4) is 0 Å². The Morgan fingerprint density at radius 2 is 1.86 bits per heavy atom. The largest absolute Gasteiger partial charge is 0.468 e. The zero-order valence-corrected chi connectivity index (χ0v) is 12.0. The zero-order valence-electron chi connectivity index (χ0n) is 12.0. The number of fused-ring (bicyclic) bond motifs is 1. The summed E-state index contributed by atoms with van der Waals surface area (Å²) in [6.45, 7) is -0.429. The highest BCUT2D eigenvalue weighted by atomic mass is 16.5. The highest BCUT2D eigenvalue weighted by molar-refractivity contribution is 5.87. The summed E-state index contributed by atoms with van der Waals surface area (Å²) >= 11 is 0. The van der Waals surface area contributed by atoms with Crippen molar-refractivity contribution in [2.45, 2.75) is 6.54 Å². The van der Waals surface area contributed by atoms with E-state index in [2.05, 4.69) is 20.5 Å². The number of hydrogen-bond acceptors (Lipinski definition) is 5. The zero-order chi connectivity index (χ0) is 15.9. The van der Waals surface area contributed by atoms with Crippen LogP contribution < -0.4 is 10.6 Å². The molecule has 0 spiro atoms. The number of carbonyl (C=O) groups excluding carboxylic acids is 3. The van der Waals surface area contributed by atoms with Crippen molar-refractivity contribution < 1.29 is 19.1 Å². The van der Waals surface area contributed by atoms with Gasteiger partial charge in [0.05, 0.1) is 25.4 Å². The predicted octanol–water partition coefficient (Wildman–Crippen LogP) is -0.558. The summed E-state index contributed by atoms with van der Waals surface area (Å²) in [4.78, 5) is 34.1. The molecule has 8 nitrogen and oxygen atoms in total. The second-order valence-electron chi connectivity index (χ2n) is 4.49. The molecule has 22 heavy (non-hydrogen) atoms. The highest BCUT2D eigenvalue weighted by Gasteiger charge is 2.10. The lowest BCUT2D eigenvalue weighted by atomic mass is 10.2. The minimum atomic E-state index is -0.553. The van der Waals surface area contributed by atoms with E-state index in [9.17, 15) is 14.4 Å². The van der Waals surface area contributed by atoms with Gasteiger partial charge in [-0.2, -0.15) is 5.10 Å². The maximum atomic E-state index is 11.8. The van der Waals surface area contributed by atoms with Crippen LogP contribution in [0.2, 0.25) is 0 Å². The molecule has 2 aromatic rings. The van der Waals surface area contributed by atoms with Crippen molar-refractivity contribution in [3.05, 3.63) is 30.5 Å². The van der Waals surface area contributed by atoms with Crippen molar-refractivity contribution in [2.24, 2.45) is 0 Å². The number of para-hydroxylation sites is 1. The van der Waals surface area contributed by atoms with Gasteiger partial charge in [0.15, 0.2) is 0 Å². The molecule has 2 N–H and O–H groups in total. The number of methoxy groups -OCH3 is 1. The number of hydrogen-bond donors (Lipinski definition) is 2. The third-order valence-corrected chi connectivity index (χ3v) is 2.95. The Balaban J connectivity index is 1.81. The average Bonchev–Trinajstić information content (AvgIpc) is 2.93. The van der Waals surface area contributed by atoms with Crippen molar-refractivity contribution >= 4 is 28.7 Å². The third kappa shape index (κ3) is 4.05. The van der Waals surface area contributed by atoms with Gasteiger partial charge in [-0.3, -0.25) is 19.1 Å². The van der Waals surface area contributed by atoms with Gasteiger partial charge in [-0.15, -0.1) is 0 Å². The van der Waals surface area contributed by atoms with Crippen LogP contribution in [-0.4, -0.2) is 47.8 Å². The van der Waals surface area contributed by atoms with E-state index in [1.165, 1.54) is 7.11 Å². The first-order valence-electron chi connectivity index (χ1n) is 6.61. The first-order valence-corrected chi connectivity index (χ1v) is 6.61. The van der Waals surface area contributed by atoms with E-state index in [4.69, 9.17) is 0 Å². The molecule has 0 saturated heterocycles. The van der Waals surface area contributed by atoms with Crippen molar-refractivity contribution in [2.75, 3.05) is 20.2 Å². The van der Waals surface area contributed by atoms with E-state index in [1.807, 2.05) is 24.3 Å². The fraction of sp³-hybridized carbons (Fsp3) is 0.286. The van der Waals surface area contributed by atoms with E-state index in [0.29, 0.717) is 0 Å². The molecule has 0 radical (unpaired) electrons. The van der Waals surface area contributed by atoms with Gasteiger partial charge in [-0.05, 0) is 6.07 Å². The number of ether oxygens (including phenoxy) is 1. The maximum Gasteiger partial charge on any atom is 0.325 e. The highest BCUT2D eigenvalue weighted by Crippen LogP contribution is 2.11. The van der Waals surface area contributed by atoms with Gasteiger partial charge in [0.25, 0.3) is 0 Å². The number of carbonyl (C=O) groups is 3. The van der Waals surface area contributed by atoms with Gasteiger partial charge in [0.2, 0.25) is 11.8 Å². The maximum absolute atomic E-state index is 11.8. The van der Waals surface area contributed by atoms with Crippen LogP contribution in [0.5, 0.6) is 0 Å². The van der Waals surface area contributed by atoms with Crippen LogP contribution in [0.1, 0.15) is 0 Å². The minimum absolute atomic E-state index is 0.0117. The van der Waals surface area contributed by atoms with Crippen LogP contribution >= 0.6 is 0 Å². The number of rotatable bonds is 6. The molecule has 0 atom stereocenters. The van der Waals surface area contributed by atoms with Crippen LogP contribution in [0.25, 0.3) is 10.9 Å². The molecule has 1 heterocycles. The summed E-state index contributed by atoms with van der Waals surface area (Å²) in [5.41, 5.74) is 0.841.